The van der Waals surface area contributed by atoms with Crippen molar-refractivity contribution < 1.29 is 14.3 Å². The van der Waals surface area contributed by atoms with E-state index < -0.39 is 6.04 Å². The smallest absolute Gasteiger partial charge is 0.187 e. The number of aryl methyl sites for hydroxylation is 2. The maximum atomic E-state index is 13.4. The minimum absolute atomic E-state index is 0.0231. The number of nitrogens with one attached hydrogen (secondary N) is 1. The summed E-state index contributed by atoms with van der Waals surface area (Å²) >= 11 is 0. The van der Waals surface area contributed by atoms with Gasteiger partial charge >= 0.3 is 0 Å². The van der Waals surface area contributed by atoms with Crippen molar-refractivity contribution in [3.63, 3.8) is 0 Å². The summed E-state index contributed by atoms with van der Waals surface area (Å²) in [5.74, 6) is 0.0231. The number of rotatable bonds is 6. The lowest BCUT2D eigenvalue weighted by Crippen LogP contribution is -2.48. The molecule has 3 rings (SSSR count). The largest absolute Gasteiger partial charge is 0.373 e. The molecule has 1 fully saturated rings. The zero-order valence-electron chi connectivity index (χ0n) is 17.5. The Morgan fingerprint density at radius 2 is 1.61 bits per heavy atom. The Labute approximate surface area is 168 Å². The first-order chi connectivity index (χ1) is 13.2. The monoisotopic (exact) mass is 381 g/mol. The van der Waals surface area contributed by atoms with E-state index >= 15 is 0 Å². The molecule has 150 valence electrons. The predicted octanol–water partition coefficient (Wildman–Crippen LogP) is 4.94. The second-order valence-corrected chi connectivity index (χ2v) is 8.61. The van der Waals surface area contributed by atoms with Gasteiger partial charge in [0, 0.05) is 17.9 Å². The van der Waals surface area contributed by atoms with Gasteiger partial charge in [0.15, 0.2) is 5.78 Å². The van der Waals surface area contributed by atoms with Gasteiger partial charge < -0.3 is 14.8 Å². The van der Waals surface area contributed by atoms with E-state index in [0.717, 1.165) is 17.7 Å². The highest BCUT2D eigenvalue weighted by atomic mass is 16.6. The molecule has 0 bridgehead atoms. The second-order valence-electron chi connectivity index (χ2n) is 8.61. The van der Waals surface area contributed by atoms with E-state index in [4.69, 9.17) is 9.47 Å². The lowest BCUT2D eigenvalue weighted by Gasteiger charge is -2.32. The summed E-state index contributed by atoms with van der Waals surface area (Å²) in [6.45, 7) is 10.8. The summed E-state index contributed by atoms with van der Waals surface area (Å²) in [4.78, 5) is 13.4. The van der Waals surface area contributed by atoms with Crippen LogP contribution in [0.2, 0.25) is 0 Å². The van der Waals surface area contributed by atoms with Gasteiger partial charge in [0.25, 0.3) is 0 Å². The van der Waals surface area contributed by atoms with Crippen LogP contribution in [0.15, 0.2) is 48.5 Å². The summed E-state index contributed by atoms with van der Waals surface area (Å²) < 4.78 is 12.3. The zero-order chi connectivity index (χ0) is 20.3. The molecular weight excluding hydrogens is 350 g/mol. The molecule has 0 radical (unpaired) electrons. The first-order valence-corrected chi connectivity index (χ1v) is 9.96. The first-order valence-electron chi connectivity index (χ1n) is 9.96. The van der Waals surface area contributed by atoms with Crippen LogP contribution in [0, 0.1) is 13.8 Å². The van der Waals surface area contributed by atoms with Gasteiger partial charge in [-0.3, -0.25) is 4.79 Å². The number of hydrogen-bond acceptors (Lipinski definition) is 4. The molecule has 1 N–H and O–H groups in total. The number of carbonyl (C=O) groups excluding carboxylic acids is 1. The number of hydrogen-bond donors (Lipinski definition) is 1. The van der Waals surface area contributed by atoms with E-state index in [9.17, 15) is 4.79 Å². The van der Waals surface area contributed by atoms with Crippen LogP contribution in [0.25, 0.3) is 0 Å². The summed E-state index contributed by atoms with van der Waals surface area (Å²) in [7, 11) is 0. The lowest BCUT2D eigenvalue weighted by molar-refractivity contribution is -0.0889. The molecule has 3 unspecified atom stereocenters. The topological polar surface area (TPSA) is 47.6 Å². The molecule has 2 aromatic carbocycles. The van der Waals surface area contributed by atoms with Gasteiger partial charge in [-0.05, 0) is 53.2 Å². The summed E-state index contributed by atoms with van der Waals surface area (Å²) in [5, 5.41) is 3.42. The molecule has 28 heavy (non-hydrogen) atoms. The normalized spacial score (nSPS) is 20.8. The Bertz CT molecular complexity index is 790. The minimum Gasteiger partial charge on any atom is -0.373 e. The number of benzene rings is 2. The van der Waals surface area contributed by atoms with Crippen LogP contribution < -0.4 is 5.32 Å². The van der Waals surface area contributed by atoms with Crippen molar-refractivity contribution in [3.8, 4) is 0 Å². The van der Waals surface area contributed by atoms with Crippen LogP contribution in [-0.4, -0.2) is 36.2 Å². The fraction of sp³-hybridized carbons (Fsp3) is 0.458. The quantitative estimate of drug-likeness (QED) is 0.720. The van der Waals surface area contributed by atoms with Crippen LogP contribution in [0.5, 0.6) is 0 Å². The van der Waals surface area contributed by atoms with E-state index in [2.05, 4.69) is 5.32 Å². The van der Waals surface area contributed by atoms with Crippen LogP contribution in [0.4, 0.5) is 5.69 Å². The fourth-order valence-electron chi connectivity index (χ4n) is 3.51. The average Bonchev–Trinajstić information content (AvgIpc) is 3.07. The average molecular weight is 382 g/mol. The van der Waals surface area contributed by atoms with Crippen LogP contribution >= 0.6 is 0 Å². The predicted molar refractivity (Wildman–Crippen MR) is 113 cm³/mol. The summed E-state index contributed by atoms with van der Waals surface area (Å²) in [5.41, 5.74) is 3.60. The third-order valence-electron chi connectivity index (χ3n) is 4.90. The highest BCUT2D eigenvalue weighted by molar-refractivity contribution is 6.02. The van der Waals surface area contributed by atoms with Gasteiger partial charge in [-0.2, -0.15) is 0 Å². The summed E-state index contributed by atoms with van der Waals surface area (Å²) in [6, 6.07) is 15.3. The fourth-order valence-corrected chi connectivity index (χ4v) is 3.51. The third-order valence-corrected chi connectivity index (χ3v) is 4.90. The minimum atomic E-state index is -0.514. The van der Waals surface area contributed by atoms with E-state index in [1.807, 2.05) is 83.1 Å². The number of Topliss-reactive ketones (excluding diaryl/α,β-unsaturated/α-hetero) is 1. The van der Waals surface area contributed by atoms with E-state index in [0.29, 0.717) is 12.2 Å². The lowest BCUT2D eigenvalue weighted by atomic mass is 9.95. The number of ketones is 1. The molecule has 3 atom stereocenters. The Balaban J connectivity index is 1.90. The van der Waals surface area contributed by atoms with Crippen LogP contribution in [0.3, 0.4) is 0 Å². The Morgan fingerprint density at radius 1 is 1.04 bits per heavy atom. The molecule has 0 amide bonds. The third kappa shape index (κ3) is 5.21. The van der Waals surface area contributed by atoms with Gasteiger partial charge in [0.05, 0.1) is 11.7 Å². The first kappa shape index (κ1) is 20.6. The van der Waals surface area contributed by atoms with Crippen molar-refractivity contribution >= 4 is 11.5 Å². The second kappa shape index (κ2) is 8.46. The van der Waals surface area contributed by atoms with Crippen LogP contribution in [0.1, 0.15) is 48.7 Å². The van der Waals surface area contributed by atoms with Gasteiger partial charge in [0.2, 0.25) is 0 Å². The molecule has 0 spiro atoms. The Morgan fingerprint density at radius 3 is 2.18 bits per heavy atom. The van der Waals surface area contributed by atoms with Crippen LogP contribution in [-0.2, 0) is 9.47 Å². The molecule has 1 aliphatic rings. The molecular formula is C24H31NO3. The van der Waals surface area contributed by atoms with Crippen molar-refractivity contribution in [2.24, 2.45) is 0 Å². The molecule has 4 nitrogen and oxygen atoms in total. The highest BCUT2D eigenvalue weighted by Crippen LogP contribution is 2.28. The van der Waals surface area contributed by atoms with Crippen molar-refractivity contribution in [1.82, 2.24) is 0 Å². The van der Waals surface area contributed by atoms with Gasteiger partial charge in [-0.15, -0.1) is 0 Å². The highest BCUT2D eigenvalue weighted by Gasteiger charge is 2.41. The molecule has 4 heteroatoms. The van der Waals surface area contributed by atoms with Crippen molar-refractivity contribution in [3.05, 3.63) is 65.2 Å². The maximum absolute atomic E-state index is 13.4. The van der Waals surface area contributed by atoms with Crippen molar-refractivity contribution in [2.45, 2.75) is 64.9 Å². The van der Waals surface area contributed by atoms with Gasteiger partial charge in [-0.25, -0.2) is 0 Å². The standard InChI is InChI=1S/C24H31NO3/c1-16-6-10-18(11-7-16)22(26)21(25-19-12-8-17(2)9-13-19)23-20(14-15-27-23)28-24(3,4)5/h6-13,20-21,23,25H,14-15H2,1-5H3. The molecule has 2 aromatic rings. The van der Waals surface area contributed by atoms with Gasteiger partial charge in [0.1, 0.15) is 12.1 Å². The molecule has 1 aliphatic heterocycles. The SMILES string of the molecule is Cc1ccc(NC(C(=O)c2ccc(C)cc2)C2OCCC2OC(C)(C)C)cc1. The van der Waals surface area contributed by atoms with E-state index in [-0.39, 0.29) is 23.6 Å². The van der Waals surface area contributed by atoms with Gasteiger partial charge in [-0.1, -0.05) is 47.5 Å². The number of anilines is 1. The van der Waals surface area contributed by atoms with Crippen molar-refractivity contribution in [2.75, 3.05) is 11.9 Å². The molecule has 1 heterocycles. The molecule has 0 aromatic heterocycles. The molecule has 1 saturated heterocycles. The van der Waals surface area contributed by atoms with E-state index in [1.165, 1.54) is 5.56 Å². The number of carbonyl (C=O) groups is 1. The van der Waals surface area contributed by atoms with Crippen molar-refractivity contribution in [1.29, 1.82) is 0 Å². The molecule has 0 saturated carbocycles. The molecule has 0 aliphatic carbocycles. The zero-order valence-corrected chi connectivity index (χ0v) is 17.5. The van der Waals surface area contributed by atoms with E-state index in [1.54, 1.807) is 0 Å². The summed E-state index contributed by atoms with van der Waals surface area (Å²) in [6.07, 6.45) is 0.321. The number of ether oxygens (including phenoxy) is 2. The Kier molecular flexibility index (Phi) is 6.21. The maximum Gasteiger partial charge on any atom is 0.187 e. The Hall–Kier alpha value is -2.17.